The second kappa shape index (κ2) is 9.09. The largest absolute Gasteiger partial charge is 0.327 e. The van der Waals surface area contributed by atoms with Crippen LogP contribution >= 0.6 is 0 Å². The van der Waals surface area contributed by atoms with Crippen molar-refractivity contribution in [1.82, 2.24) is 14.7 Å². The second-order valence-electron chi connectivity index (χ2n) is 7.71. The summed E-state index contributed by atoms with van der Waals surface area (Å²) < 4.78 is 14.8. The van der Waals surface area contributed by atoms with Gasteiger partial charge in [-0.15, -0.1) is 0 Å². The van der Waals surface area contributed by atoms with Crippen LogP contribution in [0.15, 0.2) is 60.8 Å². The summed E-state index contributed by atoms with van der Waals surface area (Å²) in [7, 11) is 0. The molecule has 8 heteroatoms. The number of halogens is 1. The van der Waals surface area contributed by atoms with Gasteiger partial charge in [-0.3, -0.25) is 9.59 Å². The number of nitrogens with one attached hydrogen (secondary N) is 2. The highest BCUT2D eigenvalue weighted by molar-refractivity contribution is 5.94. The third kappa shape index (κ3) is 4.97. The van der Waals surface area contributed by atoms with Crippen LogP contribution in [0.1, 0.15) is 16.1 Å². The zero-order valence-electron chi connectivity index (χ0n) is 17.3. The lowest BCUT2D eigenvalue weighted by atomic mass is 10.1. The molecule has 0 radical (unpaired) electrons. The SMILES string of the molecule is Cc1ccnn1-c1ccc(C(=O)N2CC[NH+](CC(=O)Nc3ccc(F)cc3)CC2)cc1. The van der Waals surface area contributed by atoms with Gasteiger partial charge in [0.15, 0.2) is 6.54 Å². The molecule has 2 amide bonds. The number of carbonyl (C=O) groups is 2. The van der Waals surface area contributed by atoms with Crippen molar-refractivity contribution in [2.75, 3.05) is 38.0 Å². The second-order valence-corrected chi connectivity index (χ2v) is 7.71. The molecule has 160 valence electrons. The number of aromatic nitrogens is 2. The van der Waals surface area contributed by atoms with E-state index in [0.717, 1.165) is 16.3 Å². The van der Waals surface area contributed by atoms with Crippen LogP contribution in [-0.4, -0.2) is 59.2 Å². The fourth-order valence-electron chi connectivity index (χ4n) is 3.74. The van der Waals surface area contributed by atoms with E-state index in [1.54, 1.807) is 6.20 Å². The molecule has 0 aliphatic carbocycles. The first-order valence-electron chi connectivity index (χ1n) is 10.3. The molecule has 31 heavy (non-hydrogen) atoms. The molecule has 2 aromatic carbocycles. The van der Waals surface area contributed by atoms with Crippen molar-refractivity contribution in [2.45, 2.75) is 6.92 Å². The normalized spacial score (nSPS) is 14.5. The third-order valence-corrected chi connectivity index (χ3v) is 5.49. The summed E-state index contributed by atoms with van der Waals surface area (Å²) in [5, 5.41) is 7.06. The van der Waals surface area contributed by atoms with Crippen LogP contribution in [-0.2, 0) is 4.79 Å². The molecule has 1 aliphatic rings. The van der Waals surface area contributed by atoms with E-state index < -0.39 is 0 Å². The molecule has 1 saturated heterocycles. The molecule has 1 aromatic heterocycles. The summed E-state index contributed by atoms with van der Waals surface area (Å²) in [6.07, 6.45) is 1.75. The molecular formula is C23H25FN5O2+. The lowest BCUT2D eigenvalue weighted by Gasteiger charge is -2.32. The summed E-state index contributed by atoms with van der Waals surface area (Å²) in [5.41, 5.74) is 3.17. The predicted octanol–water partition coefficient (Wildman–Crippen LogP) is 1.30. The van der Waals surface area contributed by atoms with Gasteiger partial charge in [-0.05, 0) is 61.5 Å². The highest BCUT2D eigenvalue weighted by Gasteiger charge is 2.26. The van der Waals surface area contributed by atoms with Crippen LogP contribution in [0.25, 0.3) is 5.69 Å². The number of carbonyl (C=O) groups excluding carboxylic acids is 2. The number of aryl methyl sites for hydroxylation is 1. The van der Waals surface area contributed by atoms with E-state index in [1.807, 2.05) is 46.8 Å². The smallest absolute Gasteiger partial charge is 0.279 e. The molecule has 0 unspecified atom stereocenters. The number of piperazine rings is 1. The van der Waals surface area contributed by atoms with Gasteiger partial charge in [0.05, 0.1) is 31.9 Å². The van der Waals surface area contributed by atoms with E-state index in [2.05, 4.69) is 10.4 Å². The van der Waals surface area contributed by atoms with Gasteiger partial charge < -0.3 is 15.1 Å². The van der Waals surface area contributed by atoms with Gasteiger partial charge in [0, 0.05) is 23.1 Å². The van der Waals surface area contributed by atoms with Crippen LogP contribution < -0.4 is 10.2 Å². The Labute approximate surface area is 180 Å². The Bertz CT molecular complexity index is 1050. The third-order valence-electron chi connectivity index (χ3n) is 5.49. The Morgan fingerprint density at radius 3 is 2.32 bits per heavy atom. The molecular weight excluding hydrogens is 397 g/mol. The molecule has 1 aliphatic heterocycles. The van der Waals surface area contributed by atoms with Crippen molar-refractivity contribution in [3.05, 3.63) is 77.9 Å². The fraction of sp³-hybridized carbons (Fsp3) is 0.261. The summed E-state index contributed by atoms with van der Waals surface area (Å²) in [6.45, 7) is 4.89. The highest BCUT2D eigenvalue weighted by Crippen LogP contribution is 2.13. The number of hydrogen-bond acceptors (Lipinski definition) is 3. The van der Waals surface area contributed by atoms with Crippen molar-refractivity contribution in [1.29, 1.82) is 0 Å². The van der Waals surface area contributed by atoms with Crippen LogP contribution in [0.5, 0.6) is 0 Å². The van der Waals surface area contributed by atoms with Crippen LogP contribution in [0, 0.1) is 12.7 Å². The number of nitrogens with zero attached hydrogens (tertiary/aromatic N) is 3. The molecule has 1 fully saturated rings. The number of quaternary nitrogens is 1. The van der Waals surface area contributed by atoms with E-state index in [1.165, 1.54) is 24.3 Å². The highest BCUT2D eigenvalue weighted by atomic mass is 19.1. The molecule has 0 spiro atoms. The lowest BCUT2D eigenvalue weighted by Crippen LogP contribution is -3.15. The van der Waals surface area contributed by atoms with Crippen molar-refractivity contribution in [3.63, 3.8) is 0 Å². The summed E-state index contributed by atoms with van der Waals surface area (Å²) in [4.78, 5) is 28.0. The first-order chi connectivity index (χ1) is 15.0. The molecule has 4 rings (SSSR count). The van der Waals surface area contributed by atoms with Crippen molar-refractivity contribution >= 4 is 17.5 Å². The standard InChI is InChI=1S/C23H24FN5O2/c1-17-10-11-25-29(17)21-8-2-18(3-9-21)23(31)28-14-12-27(13-15-28)16-22(30)26-20-6-4-19(24)5-7-20/h2-11H,12-16H2,1H3,(H,26,30)/p+1. The average Bonchev–Trinajstić information content (AvgIpc) is 3.21. The number of amides is 2. The topological polar surface area (TPSA) is 71.7 Å². The summed E-state index contributed by atoms with van der Waals surface area (Å²) in [5.74, 6) is -0.458. The summed E-state index contributed by atoms with van der Waals surface area (Å²) in [6, 6.07) is 15.1. The van der Waals surface area contributed by atoms with E-state index in [4.69, 9.17) is 0 Å². The monoisotopic (exact) mass is 422 g/mol. The quantitative estimate of drug-likeness (QED) is 0.651. The van der Waals surface area contributed by atoms with Crippen LogP contribution in [0.3, 0.4) is 0 Å². The molecule has 0 bridgehead atoms. The first-order valence-corrected chi connectivity index (χ1v) is 10.3. The number of anilines is 1. The molecule has 2 N–H and O–H groups in total. The van der Waals surface area contributed by atoms with Gasteiger partial charge in [0.1, 0.15) is 5.82 Å². The lowest BCUT2D eigenvalue weighted by molar-refractivity contribution is -0.895. The minimum absolute atomic E-state index is 0.00134. The van der Waals surface area contributed by atoms with Crippen LogP contribution in [0.2, 0.25) is 0 Å². The van der Waals surface area contributed by atoms with Gasteiger partial charge in [0.2, 0.25) is 0 Å². The molecule has 7 nitrogen and oxygen atoms in total. The minimum Gasteiger partial charge on any atom is -0.327 e. The van der Waals surface area contributed by atoms with E-state index in [0.29, 0.717) is 44.0 Å². The maximum atomic E-state index is 13.0. The van der Waals surface area contributed by atoms with Gasteiger partial charge in [-0.1, -0.05) is 0 Å². The van der Waals surface area contributed by atoms with E-state index in [9.17, 15) is 14.0 Å². The Hall–Kier alpha value is -3.52. The average molecular weight is 422 g/mol. The van der Waals surface area contributed by atoms with Crippen LogP contribution in [0.4, 0.5) is 10.1 Å². The van der Waals surface area contributed by atoms with Gasteiger partial charge in [-0.25, -0.2) is 9.07 Å². The molecule has 2 heterocycles. The Morgan fingerprint density at radius 2 is 1.71 bits per heavy atom. The number of benzene rings is 2. The maximum Gasteiger partial charge on any atom is 0.279 e. The molecule has 0 saturated carbocycles. The molecule has 3 aromatic rings. The van der Waals surface area contributed by atoms with Crippen molar-refractivity contribution in [2.24, 2.45) is 0 Å². The Kier molecular flexibility index (Phi) is 6.08. The first kappa shape index (κ1) is 20.7. The Morgan fingerprint density at radius 1 is 1.03 bits per heavy atom. The van der Waals surface area contributed by atoms with Crippen molar-refractivity contribution < 1.29 is 18.9 Å². The predicted molar refractivity (Wildman–Crippen MR) is 115 cm³/mol. The van der Waals surface area contributed by atoms with Gasteiger partial charge >= 0.3 is 0 Å². The van der Waals surface area contributed by atoms with E-state index in [-0.39, 0.29) is 17.6 Å². The zero-order valence-corrected chi connectivity index (χ0v) is 17.3. The van der Waals surface area contributed by atoms with Crippen molar-refractivity contribution in [3.8, 4) is 5.69 Å². The fourth-order valence-corrected chi connectivity index (χ4v) is 3.74. The minimum atomic E-state index is -0.337. The molecule has 0 atom stereocenters. The zero-order chi connectivity index (χ0) is 21.8. The van der Waals surface area contributed by atoms with Gasteiger partial charge in [0.25, 0.3) is 11.8 Å². The number of hydrogen-bond donors (Lipinski definition) is 2. The van der Waals surface area contributed by atoms with E-state index >= 15 is 0 Å². The Balaban J connectivity index is 1.28. The summed E-state index contributed by atoms with van der Waals surface area (Å²) >= 11 is 0. The van der Waals surface area contributed by atoms with Gasteiger partial charge in [-0.2, -0.15) is 5.10 Å². The maximum absolute atomic E-state index is 13.0. The number of rotatable bonds is 5.